The SMILES string of the molecule is CC(C)c1cn2cccc(OCC3CCCNC3)c2n1. The van der Waals surface area contributed by atoms with Crippen molar-refractivity contribution >= 4 is 5.65 Å². The van der Waals surface area contributed by atoms with Gasteiger partial charge < -0.3 is 14.5 Å². The van der Waals surface area contributed by atoms with E-state index in [2.05, 4.69) is 29.8 Å². The topological polar surface area (TPSA) is 38.6 Å². The van der Waals surface area contributed by atoms with Crippen LogP contribution in [-0.4, -0.2) is 29.1 Å². The minimum Gasteiger partial charge on any atom is -0.489 e. The second kappa shape index (κ2) is 5.83. The minimum absolute atomic E-state index is 0.435. The number of nitrogens with one attached hydrogen (secondary N) is 1. The third-order valence-corrected chi connectivity index (χ3v) is 3.93. The van der Waals surface area contributed by atoms with E-state index in [1.165, 1.54) is 12.8 Å². The molecule has 1 saturated heterocycles. The minimum atomic E-state index is 0.435. The summed E-state index contributed by atoms with van der Waals surface area (Å²) < 4.78 is 8.09. The van der Waals surface area contributed by atoms with Crippen molar-refractivity contribution < 1.29 is 4.74 Å². The fourth-order valence-electron chi connectivity index (χ4n) is 2.67. The molecule has 0 bridgehead atoms. The fourth-order valence-corrected chi connectivity index (χ4v) is 2.67. The average molecular weight is 273 g/mol. The van der Waals surface area contributed by atoms with Gasteiger partial charge in [-0.1, -0.05) is 13.8 Å². The van der Waals surface area contributed by atoms with E-state index in [1.54, 1.807) is 0 Å². The highest BCUT2D eigenvalue weighted by atomic mass is 16.5. The van der Waals surface area contributed by atoms with E-state index in [0.717, 1.165) is 36.8 Å². The lowest BCUT2D eigenvalue weighted by Crippen LogP contribution is -2.33. The van der Waals surface area contributed by atoms with Crippen molar-refractivity contribution in [3.63, 3.8) is 0 Å². The van der Waals surface area contributed by atoms with Crippen LogP contribution in [-0.2, 0) is 0 Å². The van der Waals surface area contributed by atoms with Crippen LogP contribution in [0, 0.1) is 5.92 Å². The molecule has 1 aliphatic rings. The number of hydrogen-bond acceptors (Lipinski definition) is 3. The Morgan fingerprint density at radius 3 is 3.15 bits per heavy atom. The monoisotopic (exact) mass is 273 g/mol. The summed E-state index contributed by atoms with van der Waals surface area (Å²) in [6.45, 7) is 7.31. The lowest BCUT2D eigenvalue weighted by molar-refractivity contribution is 0.219. The summed E-state index contributed by atoms with van der Waals surface area (Å²) in [5.41, 5.74) is 2.04. The highest BCUT2D eigenvalue weighted by molar-refractivity contribution is 5.54. The zero-order chi connectivity index (χ0) is 13.9. The molecule has 4 heteroatoms. The van der Waals surface area contributed by atoms with Crippen molar-refractivity contribution in [1.82, 2.24) is 14.7 Å². The van der Waals surface area contributed by atoms with Crippen molar-refractivity contribution in [3.05, 3.63) is 30.2 Å². The largest absolute Gasteiger partial charge is 0.489 e. The molecule has 2 aromatic rings. The number of imidazole rings is 1. The zero-order valence-electron chi connectivity index (χ0n) is 12.3. The molecule has 0 aliphatic carbocycles. The summed E-state index contributed by atoms with van der Waals surface area (Å²) in [5, 5.41) is 3.43. The predicted molar refractivity (Wildman–Crippen MR) is 80.4 cm³/mol. The Bertz CT molecular complexity index is 570. The van der Waals surface area contributed by atoms with Crippen LogP contribution in [0.3, 0.4) is 0 Å². The average Bonchev–Trinajstić information content (AvgIpc) is 2.91. The van der Waals surface area contributed by atoms with Gasteiger partial charge >= 0.3 is 0 Å². The summed E-state index contributed by atoms with van der Waals surface area (Å²) in [7, 11) is 0. The van der Waals surface area contributed by atoms with E-state index >= 15 is 0 Å². The maximum absolute atomic E-state index is 6.03. The normalized spacial score (nSPS) is 19.6. The van der Waals surface area contributed by atoms with Gasteiger partial charge in [-0.25, -0.2) is 4.98 Å². The molecule has 3 rings (SSSR count). The van der Waals surface area contributed by atoms with Crippen LogP contribution in [0.15, 0.2) is 24.5 Å². The molecule has 1 unspecified atom stereocenters. The molecule has 1 fully saturated rings. The molecule has 4 nitrogen and oxygen atoms in total. The molecule has 0 aromatic carbocycles. The van der Waals surface area contributed by atoms with Crippen molar-refractivity contribution in [1.29, 1.82) is 0 Å². The zero-order valence-corrected chi connectivity index (χ0v) is 12.3. The van der Waals surface area contributed by atoms with E-state index in [9.17, 15) is 0 Å². The molecule has 1 N–H and O–H groups in total. The first-order valence-corrected chi connectivity index (χ1v) is 7.55. The summed E-state index contributed by atoms with van der Waals surface area (Å²) in [6, 6.07) is 4.04. The summed E-state index contributed by atoms with van der Waals surface area (Å²) in [6.07, 6.45) is 6.62. The number of fused-ring (bicyclic) bond motifs is 1. The van der Waals surface area contributed by atoms with E-state index in [0.29, 0.717) is 11.8 Å². The van der Waals surface area contributed by atoms with E-state index < -0.39 is 0 Å². The highest BCUT2D eigenvalue weighted by Gasteiger charge is 2.15. The van der Waals surface area contributed by atoms with Crippen molar-refractivity contribution in [2.24, 2.45) is 5.92 Å². The van der Waals surface area contributed by atoms with Gasteiger partial charge in [0.15, 0.2) is 11.4 Å². The molecule has 0 spiro atoms. The standard InChI is InChI=1S/C16H23N3O/c1-12(2)14-10-19-8-4-6-15(16(19)18-14)20-11-13-5-3-7-17-9-13/h4,6,8,10,12-13,17H,3,5,7,9,11H2,1-2H3. The molecule has 0 saturated carbocycles. The van der Waals surface area contributed by atoms with Gasteiger partial charge in [0.05, 0.1) is 12.3 Å². The Hall–Kier alpha value is -1.55. The second-order valence-electron chi connectivity index (χ2n) is 5.95. The Labute approximate surface area is 120 Å². The number of aromatic nitrogens is 2. The molecular weight excluding hydrogens is 250 g/mol. The third-order valence-electron chi connectivity index (χ3n) is 3.93. The van der Waals surface area contributed by atoms with Crippen LogP contribution >= 0.6 is 0 Å². The number of nitrogens with zero attached hydrogens (tertiary/aromatic N) is 2. The molecule has 2 aromatic heterocycles. The molecule has 3 heterocycles. The Morgan fingerprint density at radius 2 is 2.40 bits per heavy atom. The van der Waals surface area contributed by atoms with Gasteiger partial charge in [0.25, 0.3) is 0 Å². The van der Waals surface area contributed by atoms with Gasteiger partial charge in [0.1, 0.15) is 0 Å². The lowest BCUT2D eigenvalue weighted by atomic mass is 10.0. The van der Waals surface area contributed by atoms with Gasteiger partial charge in [-0.05, 0) is 37.4 Å². The molecule has 1 atom stereocenters. The van der Waals surface area contributed by atoms with Crippen molar-refractivity contribution in [2.75, 3.05) is 19.7 Å². The van der Waals surface area contributed by atoms with Gasteiger partial charge in [-0.15, -0.1) is 0 Å². The molecule has 108 valence electrons. The van der Waals surface area contributed by atoms with E-state index in [1.807, 2.05) is 18.3 Å². The molecule has 0 radical (unpaired) electrons. The van der Waals surface area contributed by atoms with Gasteiger partial charge in [0, 0.05) is 24.9 Å². The van der Waals surface area contributed by atoms with Gasteiger partial charge in [-0.3, -0.25) is 0 Å². The number of rotatable bonds is 4. The van der Waals surface area contributed by atoms with Crippen LogP contribution < -0.4 is 10.1 Å². The maximum Gasteiger partial charge on any atom is 0.179 e. The van der Waals surface area contributed by atoms with Crippen LogP contribution in [0.25, 0.3) is 5.65 Å². The number of hydrogen-bond donors (Lipinski definition) is 1. The fraction of sp³-hybridized carbons (Fsp3) is 0.562. The number of pyridine rings is 1. The van der Waals surface area contributed by atoms with Crippen LogP contribution in [0.5, 0.6) is 5.75 Å². The third kappa shape index (κ3) is 2.80. The Balaban J connectivity index is 1.76. The van der Waals surface area contributed by atoms with Crippen molar-refractivity contribution in [3.8, 4) is 5.75 Å². The number of piperidine rings is 1. The van der Waals surface area contributed by atoms with Crippen LogP contribution in [0.2, 0.25) is 0 Å². The molecular formula is C16H23N3O. The second-order valence-corrected chi connectivity index (χ2v) is 5.95. The summed E-state index contributed by atoms with van der Waals surface area (Å²) >= 11 is 0. The first-order chi connectivity index (χ1) is 9.74. The van der Waals surface area contributed by atoms with Gasteiger partial charge in [0.2, 0.25) is 0 Å². The van der Waals surface area contributed by atoms with Gasteiger partial charge in [-0.2, -0.15) is 0 Å². The quantitative estimate of drug-likeness (QED) is 0.931. The van der Waals surface area contributed by atoms with E-state index in [-0.39, 0.29) is 0 Å². The molecule has 0 amide bonds. The Kier molecular flexibility index (Phi) is 3.92. The first kappa shape index (κ1) is 13.4. The maximum atomic E-state index is 6.03. The smallest absolute Gasteiger partial charge is 0.179 e. The van der Waals surface area contributed by atoms with Crippen LogP contribution in [0.1, 0.15) is 38.3 Å². The highest BCUT2D eigenvalue weighted by Crippen LogP contribution is 2.23. The van der Waals surface area contributed by atoms with E-state index in [4.69, 9.17) is 9.72 Å². The van der Waals surface area contributed by atoms with Crippen molar-refractivity contribution in [2.45, 2.75) is 32.6 Å². The first-order valence-electron chi connectivity index (χ1n) is 7.55. The predicted octanol–water partition coefficient (Wildman–Crippen LogP) is 2.84. The molecule has 1 aliphatic heterocycles. The lowest BCUT2D eigenvalue weighted by Gasteiger charge is -2.22. The summed E-state index contributed by atoms with van der Waals surface area (Å²) in [5.74, 6) is 1.94. The summed E-state index contributed by atoms with van der Waals surface area (Å²) in [4.78, 5) is 4.70. The molecule has 20 heavy (non-hydrogen) atoms. The Morgan fingerprint density at radius 1 is 1.50 bits per heavy atom. The number of ether oxygens (including phenoxy) is 1. The van der Waals surface area contributed by atoms with Crippen LogP contribution in [0.4, 0.5) is 0 Å².